The van der Waals surface area contributed by atoms with Crippen molar-refractivity contribution in [1.82, 2.24) is 0 Å². The van der Waals surface area contributed by atoms with Gasteiger partial charge in [0.05, 0.1) is 0 Å². The maximum atomic E-state index is 13.3. The molecule has 0 fully saturated rings. The number of phenolic OH excluding ortho intramolecular Hbond substituents is 1. The zero-order chi connectivity index (χ0) is 24.2. The number of nitrogens with zero attached hydrogens (tertiary/aromatic N) is 1. The van der Waals surface area contributed by atoms with Crippen LogP contribution >= 0.6 is 0 Å². The molecule has 0 radical (unpaired) electrons. The van der Waals surface area contributed by atoms with Crippen LogP contribution in [0.3, 0.4) is 0 Å². The average Bonchev–Trinajstić information content (AvgIpc) is 2.53. The first-order chi connectivity index (χ1) is 13.7. The predicted octanol–water partition coefficient (Wildman–Crippen LogP) is 7.59. The van der Waals surface area contributed by atoms with Crippen molar-refractivity contribution in [2.75, 3.05) is 0 Å². The summed E-state index contributed by atoms with van der Waals surface area (Å²) in [5, 5.41) is 11.1. The highest BCUT2D eigenvalue weighted by Gasteiger charge is 2.33. The Morgan fingerprint density at radius 2 is 1.26 bits per heavy atom. The largest absolute Gasteiger partial charge is 0.505 e. The van der Waals surface area contributed by atoms with E-state index in [-0.39, 0.29) is 33.2 Å². The summed E-state index contributed by atoms with van der Waals surface area (Å²) in [6.07, 6.45) is 3.80. The van der Waals surface area contributed by atoms with Crippen molar-refractivity contribution in [3.8, 4) is 5.75 Å². The van der Waals surface area contributed by atoms with Crippen LogP contribution in [0.25, 0.3) is 0 Å². The van der Waals surface area contributed by atoms with E-state index in [4.69, 9.17) is 4.99 Å². The Hall–Kier alpha value is -2.16. The van der Waals surface area contributed by atoms with Gasteiger partial charge in [0.25, 0.3) is 0 Å². The van der Waals surface area contributed by atoms with E-state index in [2.05, 4.69) is 95.2 Å². The van der Waals surface area contributed by atoms with Crippen LogP contribution in [0.1, 0.15) is 94.2 Å². The van der Waals surface area contributed by atoms with Crippen LogP contribution in [0, 0.1) is 10.8 Å². The summed E-state index contributed by atoms with van der Waals surface area (Å²) >= 11 is 0. The molecule has 1 aromatic carbocycles. The van der Waals surface area contributed by atoms with Crippen molar-refractivity contribution in [1.29, 1.82) is 0 Å². The van der Waals surface area contributed by atoms with E-state index in [1.165, 1.54) is 0 Å². The molecule has 0 atom stereocenters. The van der Waals surface area contributed by atoms with Crippen LogP contribution in [-0.2, 0) is 15.6 Å². The van der Waals surface area contributed by atoms with Crippen molar-refractivity contribution in [2.24, 2.45) is 15.8 Å². The predicted molar refractivity (Wildman–Crippen MR) is 133 cm³/mol. The van der Waals surface area contributed by atoms with Gasteiger partial charge in [0.1, 0.15) is 17.1 Å². The van der Waals surface area contributed by atoms with E-state index in [1.54, 1.807) is 6.08 Å². The fourth-order valence-corrected chi connectivity index (χ4v) is 3.56. The molecule has 0 bridgehead atoms. The molecule has 170 valence electrons. The molecule has 0 amide bonds. The molecule has 0 unspecified atom stereocenters. The van der Waals surface area contributed by atoms with Gasteiger partial charge in [0.2, 0.25) is 5.78 Å². The second kappa shape index (κ2) is 7.76. The molecule has 1 aliphatic carbocycles. The van der Waals surface area contributed by atoms with E-state index in [1.807, 2.05) is 6.07 Å². The molecule has 3 nitrogen and oxygen atoms in total. The van der Waals surface area contributed by atoms with Gasteiger partial charge in [-0.3, -0.25) is 4.79 Å². The van der Waals surface area contributed by atoms with Crippen LogP contribution in [0.4, 0.5) is 5.69 Å². The normalized spacial score (nSPS) is 17.7. The lowest BCUT2D eigenvalue weighted by Crippen LogP contribution is -2.29. The van der Waals surface area contributed by atoms with Crippen molar-refractivity contribution in [3.05, 3.63) is 46.6 Å². The third-order valence-corrected chi connectivity index (χ3v) is 5.75. The number of carbonyl (C=O) groups is 1. The van der Waals surface area contributed by atoms with Gasteiger partial charge >= 0.3 is 0 Å². The number of hydrogen-bond acceptors (Lipinski definition) is 3. The summed E-state index contributed by atoms with van der Waals surface area (Å²) < 4.78 is 0. The number of aliphatic imine (C=N–C) groups is 1. The first-order valence-electron chi connectivity index (χ1n) is 11.2. The molecule has 0 heterocycles. The van der Waals surface area contributed by atoms with E-state index < -0.39 is 0 Å². The number of rotatable bonds is 1. The summed E-state index contributed by atoms with van der Waals surface area (Å²) in [5.41, 5.74) is 3.96. The smallest absolute Gasteiger partial charge is 0.204 e. The number of benzene rings is 1. The van der Waals surface area contributed by atoms with E-state index in [0.29, 0.717) is 11.4 Å². The van der Waals surface area contributed by atoms with Crippen molar-refractivity contribution in [2.45, 2.75) is 93.9 Å². The Bertz CT molecular complexity index is 976. The van der Waals surface area contributed by atoms with Gasteiger partial charge in [-0.15, -0.1) is 0 Å². The standard InChI is InChI=1S/C28H41NO2/c1-25(2,3)17-14-20(28(10,11)12)24(31)21(15-17)29-23-19(27(7,8)9)13-18(16-22(23)30)26(4,5)6/h13-16,31H,1-12H3. The number of hydrogen-bond donors (Lipinski definition) is 1. The fraction of sp³-hybridized carbons (Fsp3) is 0.571. The third kappa shape index (κ3) is 5.56. The first kappa shape index (κ1) is 25.1. The number of phenols is 1. The second-order valence-electron chi connectivity index (χ2n) is 12.9. The number of ketones is 1. The molecule has 31 heavy (non-hydrogen) atoms. The molecule has 0 aliphatic heterocycles. The summed E-state index contributed by atoms with van der Waals surface area (Å²) in [5.74, 6) is 0.0508. The van der Waals surface area contributed by atoms with Crippen LogP contribution in [0.5, 0.6) is 5.75 Å². The third-order valence-electron chi connectivity index (χ3n) is 5.75. The highest BCUT2D eigenvalue weighted by Crippen LogP contribution is 2.43. The molecule has 3 heteroatoms. The Labute approximate surface area is 189 Å². The van der Waals surface area contributed by atoms with Gasteiger partial charge in [-0.05, 0) is 50.5 Å². The molecule has 1 N–H and O–H groups in total. The molecule has 1 aromatic rings. The fourth-order valence-electron chi connectivity index (χ4n) is 3.56. The molecule has 2 rings (SSSR count). The van der Waals surface area contributed by atoms with Gasteiger partial charge in [-0.1, -0.05) is 95.2 Å². The molecular weight excluding hydrogens is 382 g/mol. The monoisotopic (exact) mass is 423 g/mol. The molecular formula is C28H41NO2. The van der Waals surface area contributed by atoms with Crippen LogP contribution in [0.2, 0.25) is 0 Å². The zero-order valence-corrected chi connectivity index (χ0v) is 21.6. The quantitative estimate of drug-likeness (QED) is 0.473. The zero-order valence-electron chi connectivity index (χ0n) is 21.6. The Morgan fingerprint density at radius 3 is 1.68 bits per heavy atom. The summed E-state index contributed by atoms with van der Waals surface area (Å²) in [4.78, 5) is 18.1. The summed E-state index contributed by atoms with van der Waals surface area (Å²) in [6.45, 7) is 25.3. The van der Waals surface area contributed by atoms with Gasteiger partial charge < -0.3 is 5.11 Å². The maximum absolute atomic E-state index is 13.3. The maximum Gasteiger partial charge on any atom is 0.204 e. The molecule has 0 spiro atoms. The van der Waals surface area contributed by atoms with E-state index >= 15 is 0 Å². The van der Waals surface area contributed by atoms with Crippen LogP contribution < -0.4 is 0 Å². The van der Waals surface area contributed by atoms with E-state index in [9.17, 15) is 9.90 Å². The minimum Gasteiger partial charge on any atom is -0.505 e. The van der Waals surface area contributed by atoms with Gasteiger partial charge in [-0.2, -0.15) is 0 Å². The molecule has 1 aliphatic rings. The molecule has 0 saturated heterocycles. The first-order valence-corrected chi connectivity index (χ1v) is 11.2. The SMILES string of the molecule is CC(C)(C)C1=CC(=O)C(=Nc2cc(C(C)(C)C)cc(C(C)(C)C)c2O)C(C(C)(C)C)=C1. The Morgan fingerprint density at radius 1 is 0.710 bits per heavy atom. The highest BCUT2D eigenvalue weighted by molar-refractivity contribution is 6.51. The summed E-state index contributed by atoms with van der Waals surface area (Å²) in [7, 11) is 0. The van der Waals surface area contributed by atoms with Gasteiger partial charge in [-0.25, -0.2) is 4.99 Å². The van der Waals surface area contributed by atoms with E-state index in [0.717, 1.165) is 22.3 Å². The topological polar surface area (TPSA) is 49.7 Å². The van der Waals surface area contributed by atoms with Gasteiger partial charge in [0, 0.05) is 5.56 Å². The highest BCUT2D eigenvalue weighted by atomic mass is 16.3. The summed E-state index contributed by atoms with van der Waals surface area (Å²) in [6, 6.07) is 3.99. The Kier molecular flexibility index (Phi) is 6.28. The molecule has 0 saturated carbocycles. The van der Waals surface area contributed by atoms with Crippen LogP contribution in [-0.4, -0.2) is 16.6 Å². The minimum atomic E-state index is -0.261. The lowest BCUT2D eigenvalue weighted by molar-refractivity contribution is -0.109. The number of aromatic hydroxyl groups is 1. The van der Waals surface area contributed by atoms with Crippen molar-refractivity contribution < 1.29 is 9.90 Å². The lowest BCUT2D eigenvalue weighted by Gasteiger charge is -2.31. The van der Waals surface area contributed by atoms with Gasteiger partial charge in [0.15, 0.2) is 0 Å². The minimum absolute atomic E-state index is 0.102. The second-order valence-corrected chi connectivity index (χ2v) is 12.9. The molecule has 0 aromatic heterocycles. The van der Waals surface area contributed by atoms with Crippen molar-refractivity contribution >= 4 is 17.2 Å². The average molecular weight is 424 g/mol. The number of allylic oxidation sites excluding steroid dienone is 4. The Balaban J connectivity index is 2.82. The van der Waals surface area contributed by atoms with Crippen molar-refractivity contribution in [3.63, 3.8) is 0 Å². The van der Waals surface area contributed by atoms with Crippen LogP contribution in [0.15, 0.2) is 40.4 Å². The lowest BCUT2D eigenvalue weighted by atomic mass is 9.74. The number of carbonyl (C=O) groups excluding carboxylic acids is 1.